The Morgan fingerprint density at radius 3 is 2.17 bits per heavy atom. The van der Waals surface area contributed by atoms with Crippen LogP contribution < -0.4 is 21.7 Å². The van der Waals surface area contributed by atoms with E-state index in [1.165, 1.54) is 0 Å². The summed E-state index contributed by atoms with van der Waals surface area (Å²) in [5, 5.41) is 9.99. The highest BCUT2D eigenvalue weighted by atomic mass is 35.5. The summed E-state index contributed by atoms with van der Waals surface area (Å²) < 4.78 is 5.45. The number of hydrogen-bond donors (Lipinski definition) is 4. The van der Waals surface area contributed by atoms with E-state index in [0.29, 0.717) is 15.8 Å². The van der Waals surface area contributed by atoms with Crippen molar-refractivity contribution in [1.29, 1.82) is 0 Å². The highest BCUT2D eigenvalue weighted by molar-refractivity contribution is 6.35. The van der Waals surface area contributed by atoms with E-state index in [-0.39, 0.29) is 18.0 Å². The molecule has 0 bridgehead atoms. The molecule has 8 heteroatoms. The maximum atomic E-state index is 10.9. The van der Waals surface area contributed by atoms with Crippen LogP contribution in [0, 0.1) is 0 Å². The van der Waals surface area contributed by atoms with Gasteiger partial charge in [-0.1, -0.05) is 35.3 Å². The number of benzene rings is 2. The number of hydrogen-bond acceptors (Lipinski definition) is 5. The van der Waals surface area contributed by atoms with Crippen molar-refractivity contribution in [2.75, 3.05) is 6.61 Å². The number of carbonyl (C=O) groups is 1. The molecule has 0 aliphatic rings. The van der Waals surface area contributed by atoms with Crippen LogP contribution in [0.4, 0.5) is 0 Å². The van der Waals surface area contributed by atoms with Gasteiger partial charge in [-0.15, -0.1) is 0 Å². The van der Waals surface area contributed by atoms with Crippen LogP contribution in [-0.2, 0) is 4.79 Å². The Labute approximate surface area is 148 Å². The van der Waals surface area contributed by atoms with Gasteiger partial charge in [-0.05, 0) is 41.5 Å². The molecule has 2 aromatic rings. The fourth-order valence-corrected chi connectivity index (χ4v) is 2.52. The van der Waals surface area contributed by atoms with Gasteiger partial charge in [-0.3, -0.25) is 5.84 Å². The molecule has 0 atom stereocenters. The summed E-state index contributed by atoms with van der Waals surface area (Å²) in [5.41, 5.74) is 9.12. The molecule has 6 nitrogen and oxygen atoms in total. The molecule has 0 amide bonds. The average Bonchev–Trinajstić information content (AvgIpc) is 2.53. The van der Waals surface area contributed by atoms with Crippen LogP contribution in [-0.4, -0.2) is 17.7 Å². The molecule has 0 heterocycles. The molecule has 0 aliphatic carbocycles. The predicted octanol–water partition coefficient (Wildman–Crippen LogP) is 2.76. The molecule has 2 aromatic carbocycles. The molecule has 0 radical (unpaired) electrons. The van der Waals surface area contributed by atoms with Crippen molar-refractivity contribution >= 4 is 29.2 Å². The standard InChI is InChI=1S/C16H15Cl2N3O3/c17-11-5-10(6-12(18)7-11)9-1-3-13(4-2-9)24-8-14(19)15(21-20)16(22)23/h1-7,21H,8,19-20H2,(H,22,23)/b15-14-. The minimum atomic E-state index is -1.26. The number of halogens is 2. The maximum Gasteiger partial charge on any atom is 0.355 e. The summed E-state index contributed by atoms with van der Waals surface area (Å²) in [6, 6.07) is 12.4. The highest BCUT2D eigenvalue weighted by Gasteiger charge is 2.11. The van der Waals surface area contributed by atoms with Gasteiger partial charge < -0.3 is 21.0 Å². The van der Waals surface area contributed by atoms with Crippen molar-refractivity contribution in [3.63, 3.8) is 0 Å². The molecule has 0 saturated carbocycles. The Bertz CT molecular complexity index is 756. The summed E-state index contributed by atoms with van der Waals surface area (Å²) in [6.45, 7) is -0.117. The summed E-state index contributed by atoms with van der Waals surface area (Å²) in [6.07, 6.45) is 0. The lowest BCUT2D eigenvalue weighted by Crippen LogP contribution is -2.31. The lowest BCUT2D eigenvalue weighted by atomic mass is 10.1. The zero-order chi connectivity index (χ0) is 17.7. The van der Waals surface area contributed by atoms with Gasteiger partial charge in [-0.25, -0.2) is 4.79 Å². The van der Waals surface area contributed by atoms with Gasteiger partial charge in [0.15, 0.2) is 5.70 Å². The molecule has 0 fully saturated rings. The first kappa shape index (κ1) is 17.9. The van der Waals surface area contributed by atoms with E-state index >= 15 is 0 Å². The first-order valence-electron chi connectivity index (χ1n) is 6.78. The smallest absolute Gasteiger partial charge is 0.355 e. The van der Waals surface area contributed by atoms with Crippen LogP contribution in [0.25, 0.3) is 11.1 Å². The zero-order valence-corrected chi connectivity index (χ0v) is 13.9. The van der Waals surface area contributed by atoms with Gasteiger partial charge in [0, 0.05) is 10.0 Å². The van der Waals surface area contributed by atoms with E-state index in [2.05, 4.69) is 0 Å². The fourth-order valence-electron chi connectivity index (χ4n) is 1.99. The normalized spacial score (nSPS) is 11.6. The topological polar surface area (TPSA) is 111 Å². The molecular formula is C16H15Cl2N3O3. The molecule has 24 heavy (non-hydrogen) atoms. The second-order valence-corrected chi connectivity index (χ2v) is 5.69. The Morgan fingerprint density at radius 2 is 1.67 bits per heavy atom. The molecular weight excluding hydrogens is 353 g/mol. The Balaban J connectivity index is 2.11. The van der Waals surface area contributed by atoms with Crippen molar-refractivity contribution in [3.8, 4) is 16.9 Å². The number of rotatable bonds is 6. The molecule has 0 spiro atoms. The van der Waals surface area contributed by atoms with E-state index < -0.39 is 5.97 Å². The lowest BCUT2D eigenvalue weighted by Gasteiger charge is -2.10. The number of carboxylic acids is 1. The van der Waals surface area contributed by atoms with Crippen LogP contribution in [0.1, 0.15) is 0 Å². The number of ether oxygens (including phenoxy) is 1. The minimum absolute atomic E-state index is 0.0179. The van der Waals surface area contributed by atoms with Crippen LogP contribution in [0.3, 0.4) is 0 Å². The predicted molar refractivity (Wildman–Crippen MR) is 93.6 cm³/mol. The first-order chi connectivity index (χ1) is 11.4. The third-order valence-electron chi connectivity index (χ3n) is 3.12. The minimum Gasteiger partial charge on any atom is -0.487 e. The number of aliphatic carboxylic acids is 1. The first-order valence-corrected chi connectivity index (χ1v) is 7.54. The summed E-state index contributed by atoms with van der Waals surface area (Å²) in [4.78, 5) is 10.9. The Morgan fingerprint density at radius 1 is 1.08 bits per heavy atom. The largest absolute Gasteiger partial charge is 0.487 e. The van der Waals surface area contributed by atoms with Gasteiger partial charge >= 0.3 is 5.97 Å². The second-order valence-electron chi connectivity index (χ2n) is 4.82. The molecule has 0 aliphatic heterocycles. The average molecular weight is 368 g/mol. The molecule has 6 N–H and O–H groups in total. The fraction of sp³-hybridized carbons (Fsp3) is 0.0625. The number of hydrazine groups is 1. The summed E-state index contributed by atoms with van der Waals surface area (Å²) in [5.74, 6) is 4.37. The molecule has 0 aromatic heterocycles. The van der Waals surface area contributed by atoms with Gasteiger partial charge in [0.25, 0.3) is 0 Å². The van der Waals surface area contributed by atoms with Crippen molar-refractivity contribution in [2.24, 2.45) is 11.6 Å². The lowest BCUT2D eigenvalue weighted by molar-refractivity contribution is -0.133. The van der Waals surface area contributed by atoms with Gasteiger partial charge in [-0.2, -0.15) is 0 Å². The monoisotopic (exact) mass is 367 g/mol. The van der Waals surface area contributed by atoms with Crippen molar-refractivity contribution in [3.05, 3.63) is 63.9 Å². The van der Waals surface area contributed by atoms with Crippen LogP contribution in [0.2, 0.25) is 10.0 Å². The van der Waals surface area contributed by atoms with E-state index in [1.54, 1.807) is 30.3 Å². The number of carboxylic acid groups (broad SMARTS) is 1. The van der Waals surface area contributed by atoms with Gasteiger partial charge in [0.05, 0.1) is 5.70 Å². The van der Waals surface area contributed by atoms with Crippen LogP contribution in [0.5, 0.6) is 5.75 Å². The zero-order valence-electron chi connectivity index (χ0n) is 12.4. The number of nitrogens with two attached hydrogens (primary N) is 2. The number of nitrogens with one attached hydrogen (secondary N) is 1. The van der Waals surface area contributed by atoms with Crippen LogP contribution >= 0.6 is 23.2 Å². The molecule has 2 rings (SSSR count). The van der Waals surface area contributed by atoms with E-state index in [1.807, 2.05) is 17.6 Å². The SMILES string of the molecule is NN/C(C(=O)O)=C(\N)COc1ccc(-c2cc(Cl)cc(Cl)c2)cc1. The highest BCUT2D eigenvalue weighted by Crippen LogP contribution is 2.28. The third-order valence-corrected chi connectivity index (χ3v) is 3.56. The summed E-state index contributed by atoms with van der Waals surface area (Å²) in [7, 11) is 0. The van der Waals surface area contributed by atoms with Gasteiger partial charge in [0.2, 0.25) is 0 Å². The van der Waals surface area contributed by atoms with Crippen LogP contribution in [0.15, 0.2) is 53.9 Å². The van der Waals surface area contributed by atoms with E-state index in [4.69, 9.17) is 44.6 Å². The maximum absolute atomic E-state index is 10.9. The van der Waals surface area contributed by atoms with Crippen molar-refractivity contribution < 1.29 is 14.6 Å². The van der Waals surface area contributed by atoms with E-state index in [0.717, 1.165) is 11.1 Å². The second kappa shape index (κ2) is 7.92. The Kier molecular flexibility index (Phi) is 5.92. The quantitative estimate of drug-likeness (QED) is 0.355. The molecule has 0 unspecified atom stereocenters. The third kappa shape index (κ3) is 4.55. The van der Waals surface area contributed by atoms with Gasteiger partial charge in [0.1, 0.15) is 12.4 Å². The molecule has 0 saturated heterocycles. The van der Waals surface area contributed by atoms with Crippen molar-refractivity contribution in [2.45, 2.75) is 0 Å². The Hall–Kier alpha value is -2.41. The molecule has 126 valence electrons. The summed E-state index contributed by atoms with van der Waals surface area (Å²) >= 11 is 12.0. The van der Waals surface area contributed by atoms with Crippen molar-refractivity contribution in [1.82, 2.24) is 5.43 Å². The van der Waals surface area contributed by atoms with E-state index in [9.17, 15) is 4.79 Å².